The number of non-ortho nitro benzene ring substituents is 1. The molecule has 0 aliphatic heterocycles. The van der Waals surface area contributed by atoms with Crippen LogP contribution in [0.15, 0.2) is 36.4 Å². The Balaban J connectivity index is 2.06. The number of carbonyl (C=O) groups is 1. The van der Waals surface area contributed by atoms with E-state index in [9.17, 15) is 14.9 Å². The number of nitro groups is 1. The van der Waals surface area contributed by atoms with Crippen molar-refractivity contribution in [2.75, 3.05) is 31.4 Å². The number of nitrogens with zero attached hydrogens (tertiary/aromatic N) is 1. The smallest absolute Gasteiger partial charge is 0.271 e. The highest BCUT2D eigenvalue weighted by molar-refractivity contribution is 5.95. The number of aryl methyl sites for hydroxylation is 1. The highest BCUT2D eigenvalue weighted by atomic mass is 16.6. The fourth-order valence-corrected chi connectivity index (χ4v) is 2.20. The van der Waals surface area contributed by atoms with Crippen LogP contribution in [0.2, 0.25) is 0 Å². The molecule has 0 aliphatic carbocycles. The van der Waals surface area contributed by atoms with Crippen LogP contribution in [-0.4, -0.2) is 31.6 Å². The maximum absolute atomic E-state index is 12.2. The van der Waals surface area contributed by atoms with Crippen molar-refractivity contribution in [3.05, 3.63) is 52.1 Å². The van der Waals surface area contributed by atoms with E-state index < -0.39 is 4.92 Å². The SMILES string of the molecule is COc1ccc(OC)c(NC(=O)CNc2cc([N+](=O)[O-])ccc2C)c1. The van der Waals surface area contributed by atoms with Gasteiger partial charge < -0.3 is 20.1 Å². The third-order valence-corrected chi connectivity index (χ3v) is 3.55. The largest absolute Gasteiger partial charge is 0.497 e. The maximum atomic E-state index is 12.2. The number of ether oxygens (including phenoxy) is 2. The first-order valence-electron chi connectivity index (χ1n) is 7.45. The van der Waals surface area contributed by atoms with E-state index in [1.54, 1.807) is 31.2 Å². The molecule has 0 saturated carbocycles. The van der Waals surface area contributed by atoms with Crippen molar-refractivity contribution in [2.45, 2.75) is 6.92 Å². The number of rotatable bonds is 7. The molecular weight excluding hydrogens is 326 g/mol. The average Bonchev–Trinajstić information content (AvgIpc) is 2.60. The Morgan fingerprint density at radius 1 is 1.12 bits per heavy atom. The number of anilines is 2. The topological polar surface area (TPSA) is 103 Å². The van der Waals surface area contributed by atoms with Gasteiger partial charge in [-0.3, -0.25) is 14.9 Å². The molecule has 0 heterocycles. The highest BCUT2D eigenvalue weighted by Crippen LogP contribution is 2.29. The van der Waals surface area contributed by atoms with Crippen LogP contribution in [0, 0.1) is 17.0 Å². The average molecular weight is 345 g/mol. The number of carbonyl (C=O) groups excluding carboxylic acids is 1. The lowest BCUT2D eigenvalue weighted by Crippen LogP contribution is -2.22. The molecule has 8 heteroatoms. The summed E-state index contributed by atoms with van der Waals surface area (Å²) in [7, 11) is 3.03. The summed E-state index contributed by atoms with van der Waals surface area (Å²) in [6.07, 6.45) is 0. The minimum Gasteiger partial charge on any atom is -0.497 e. The molecule has 0 radical (unpaired) electrons. The van der Waals surface area contributed by atoms with Crippen molar-refractivity contribution in [3.8, 4) is 11.5 Å². The molecule has 25 heavy (non-hydrogen) atoms. The monoisotopic (exact) mass is 345 g/mol. The van der Waals surface area contributed by atoms with Gasteiger partial charge in [-0.2, -0.15) is 0 Å². The second kappa shape index (κ2) is 8.00. The summed E-state index contributed by atoms with van der Waals surface area (Å²) in [6, 6.07) is 9.50. The van der Waals surface area contributed by atoms with Crippen LogP contribution in [0.25, 0.3) is 0 Å². The Hall–Kier alpha value is -3.29. The molecule has 0 aromatic heterocycles. The lowest BCUT2D eigenvalue weighted by molar-refractivity contribution is -0.384. The van der Waals surface area contributed by atoms with Gasteiger partial charge in [0.05, 0.1) is 31.4 Å². The number of methoxy groups -OCH3 is 2. The molecule has 2 N–H and O–H groups in total. The van der Waals surface area contributed by atoms with E-state index in [2.05, 4.69) is 10.6 Å². The van der Waals surface area contributed by atoms with Gasteiger partial charge in [-0.1, -0.05) is 6.07 Å². The van der Waals surface area contributed by atoms with Crippen LogP contribution >= 0.6 is 0 Å². The fraction of sp³-hybridized carbons (Fsp3) is 0.235. The summed E-state index contributed by atoms with van der Waals surface area (Å²) >= 11 is 0. The van der Waals surface area contributed by atoms with Gasteiger partial charge >= 0.3 is 0 Å². The van der Waals surface area contributed by atoms with Gasteiger partial charge in [0.25, 0.3) is 5.69 Å². The molecule has 2 rings (SSSR count). The third-order valence-electron chi connectivity index (χ3n) is 3.55. The molecule has 1 amide bonds. The lowest BCUT2D eigenvalue weighted by Gasteiger charge is -2.13. The summed E-state index contributed by atoms with van der Waals surface area (Å²) in [5, 5.41) is 16.5. The minimum absolute atomic E-state index is 0.0389. The van der Waals surface area contributed by atoms with Crippen LogP contribution in [-0.2, 0) is 4.79 Å². The predicted octanol–water partition coefficient (Wildman–Crippen LogP) is 2.97. The fourth-order valence-electron chi connectivity index (χ4n) is 2.20. The van der Waals surface area contributed by atoms with Gasteiger partial charge in [0.1, 0.15) is 11.5 Å². The molecule has 0 saturated heterocycles. The van der Waals surface area contributed by atoms with Gasteiger partial charge in [0.15, 0.2) is 0 Å². The molecule has 0 spiro atoms. The van der Waals surface area contributed by atoms with Crippen molar-refractivity contribution in [3.63, 3.8) is 0 Å². The van der Waals surface area contributed by atoms with E-state index in [-0.39, 0.29) is 18.1 Å². The van der Waals surface area contributed by atoms with Crippen molar-refractivity contribution in [2.24, 2.45) is 0 Å². The number of hydrogen-bond donors (Lipinski definition) is 2. The predicted molar refractivity (Wildman–Crippen MR) is 94.5 cm³/mol. The molecule has 8 nitrogen and oxygen atoms in total. The highest BCUT2D eigenvalue weighted by Gasteiger charge is 2.12. The molecule has 0 unspecified atom stereocenters. The second-order valence-corrected chi connectivity index (χ2v) is 5.22. The van der Waals surface area contributed by atoms with E-state index in [0.29, 0.717) is 22.9 Å². The zero-order valence-corrected chi connectivity index (χ0v) is 14.2. The van der Waals surface area contributed by atoms with Crippen molar-refractivity contribution in [1.82, 2.24) is 0 Å². The van der Waals surface area contributed by atoms with Gasteiger partial charge in [-0.25, -0.2) is 0 Å². The van der Waals surface area contributed by atoms with E-state index in [1.807, 2.05) is 0 Å². The number of hydrogen-bond acceptors (Lipinski definition) is 6. The van der Waals surface area contributed by atoms with Crippen LogP contribution in [0.4, 0.5) is 17.1 Å². The Labute approximate surface area is 144 Å². The van der Waals surface area contributed by atoms with E-state index >= 15 is 0 Å². The van der Waals surface area contributed by atoms with E-state index in [1.165, 1.54) is 26.4 Å². The second-order valence-electron chi connectivity index (χ2n) is 5.22. The zero-order valence-electron chi connectivity index (χ0n) is 14.2. The van der Waals surface area contributed by atoms with Gasteiger partial charge in [0, 0.05) is 23.9 Å². The quantitative estimate of drug-likeness (QED) is 0.591. The van der Waals surface area contributed by atoms with Crippen molar-refractivity contribution in [1.29, 1.82) is 0 Å². The Morgan fingerprint density at radius 3 is 2.52 bits per heavy atom. The molecule has 0 aliphatic rings. The molecule has 0 atom stereocenters. The van der Waals surface area contributed by atoms with Crippen LogP contribution in [0.1, 0.15) is 5.56 Å². The van der Waals surface area contributed by atoms with E-state index in [0.717, 1.165) is 5.56 Å². The van der Waals surface area contributed by atoms with Gasteiger partial charge in [0.2, 0.25) is 5.91 Å². The first-order valence-corrected chi connectivity index (χ1v) is 7.45. The standard InChI is InChI=1S/C17H19N3O5/c1-11-4-5-12(20(22)23)8-14(11)18-10-17(21)19-15-9-13(24-2)6-7-16(15)25-3/h4-9,18H,10H2,1-3H3,(H,19,21). The first-order chi connectivity index (χ1) is 11.9. The Bertz CT molecular complexity index is 792. The molecule has 2 aromatic rings. The molecule has 0 fully saturated rings. The lowest BCUT2D eigenvalue weighted by atomic mass is 10.2. The summed E-state index contributed by atoms with van der Waals surface area (Å²) in [4.78, 5) is 22.5. The van der Waals surface area contributed by atoms with Crippen molar-refractivity contribution < 1.29 is 19.2 Å². The van der Waals surface area contributed by atoms with E-state index in [4.69, 9.17) is 9.47 Å². The molecule has 0 bridgehead atoms. The van der Waals surface area contributed by atoms with Gasteiger partial charge in [-0.15, -0.1) is 0 Å². The Kier molecular flexibility index (Phi) is 5.78. The Morgan fingerprint density at radius 2 is 1.88 bits per heavy atom. The molecule has 2 aromatic carbocycles. The number of amides is 1. The maximum Gasteiger partial charge on any atom is 0.271 e. The normalized spacial score (nSPS) is 10.0. The summed E-state index contributed by atoms with van der Waals surface area (Å²) in [6.45, 7) is 1.75. The first kappa shape index (κ1) is 18.1. The van der Waals surface area contributed by atoms with Crippen LogP contribution < -0.4 is 20.1 Å². The van der Waals surface area contributed by atoms with Crippen LogP contribution in [0.3, 0.4) is 0 Å². The van der Waals surface area contributed by atoms with Gasteiger partial charge in [-0.05, 0) is 24.6 Å². The zero-order chi connectivity index (χ0) is 18.4. The summed E-state index contributed by atoms with van der Waals surface area (Å²) < 4.78 is 10.3. The number of nitrogens with one attached hydrogen (secondary N) is 2. The number of benzene rings is 2. The third kappa shape index (κ3) is 4.60. The molecule has 132 valence electrons. The minimum atomic E-state index is -0.480. The summed E-state index contributed by atoms with van der Waals surface area (Å²) in [5.74, 6) is 0.761. The molecular formula is C17H19N3O5. The van der Waals surface area contributed by atoms with Crippen LogP contribution in [0.5, 0.6) is 11.5 Å². The number of nitro benzene ring substituents is 1. The summed E-state index contributed by atoms with van der Waals surface area (Å²) in [5.41, 5.74) is 1.77. The van der Waals surface area contributed by atoms with Crippen molar-refractivity contribution >= 4 is 23.0 Å².